The molecule has 0 aliphatic carbocycles. The lowest BCUT2D eigenvalue weighted by atomic mass is 10.1. The molecule has 0 amide bonds. The number of hydrogen-bond donors (Lipinski definition) is 2. The van der Waals surface area contributed by atoms with Crippen molar-refractivity contribution in [1.82, 2.24) is 19.9 Å². The minimum absolute atomic E-state index is 0.116. The van der Waals surface area contributed by atoms with Crippen LogP contribution in [0.4, 0.5) is 5.95 Å². The first-order valence-electron chi connectivity index (χ1n) is 8.46. The molecule has 25 heavy (non-hydrogen) atoms. The summed E-state index contributed by atoms with van der Waals surface area (Å²) in [6.07, 6.45) is 0.633. The lowest BCUT2D eigenvalue weighted by Crippen LogP contribution is -2.31. The summed E-state index contributed by atoms with van der Waals surface area (Å²) in [5, 5.41) is 1.18. The van der Waals surface area contributed by atoms with Gasteiger partial charge < -0.3 is 14.8 Å². The van der Waals surface area contributed by atoms with E-state index in [1.54, 1.807) is 6.07 Å². The Bertz CT molecular complexity index is 925. The highest BCUT2D eigenvalue weighted by atomic mass is 16.1. The second-order valence-corrected chi connectivity index (χ2v) is 6.74. The van der Waals surface area contributed by atoms with Crippen molar-refractivity contribution in [1.29, 1.82) is 0 Å². The molecule has 0 bridgehead atoms. The minimum Gasteiger partial charge on any atom is -0.358 e. The van der Waals surface area contributed by atoms with Crippen LogP contribution < -0.4 is 10.5 Å². The van der Waals surface area contributed by atoms with E-state index in [0.29, 0.717) is 12.4 Å². The number of H-pyrrole nitrogens is 2. The molecule has 132 valence electrons. The van der Waals surface area contributed by atoms with Crippen molar-refractivity contribution in [2.75, 3.05) is 39.1 Å². The Hall–Kier alpha value is -2.60. The van der Waals surface area contributed by atoms with E-state index < -0.39 is 0 Å². The molecule has 0 saturated heterocycles. The van der Waals surface area contributed by atoms with Gasteiger partial charge in [-0.3, -0.25) is 9.78 Å². The summed E-state index contributed by atoms with van der Waals surface area (Å²) in [6, 6.07) is 9.81. The number of para-hydroxylation sites is 1. The molecule has 2 aromatic heterocycles. The van der Waals surface area contributed by atoms with Crippen molar-refractivity contribution in [2.24, 2.45) is 0 Å². The second kappa shape index (κ2) is 7.11. The maximum absolute atomic E-state index is 12.1. The van der Waals surface area contributed by atoms with E-state index in [0.717, 1.165) is 30.0 Å². The third-order valence-corrected chi connectivity index (χ3v) is 4.41. The number of aromatic amines is 2. The van der Waals surface area contributed by atoms with E-state index in [1.807, 2.05) is 38.2 Å². The Morgan fingerprint density at radius 3 is 2.60 bits per heavy atom. The molecule has 2 N–H and O–H groups in total. The van der Waals surface area contributed by atoms with Crippen LogP contribution in [0, 0.1) is 6.92 Å². The topological polar surface area (TPSA) is 68.0 Å². The molecule has 0 spiro atoms. The molecule has 0 unspecified atom stereocenters. The van der Waals surface area contributed by atoms with E-state index in [1.165, 1.54) is 10.9 Å². The fourth-order valence-corrected chi connectivity index (χ4v) is 2.96. The zero-order valence-electron chi connectivity index (χ0n) is 15.3. The zero-order valence-corrected chi connectivity index (χ0v) is 15.3. The number of anilines is 1. The van der Waals surface area contributed by atoms with Crippen LogP contribution in [-0.2, 0) is 6.42 Å². The first kappa shape index (κ1) is 17.2. The van der Waals surface area contributed by atoms with E-state index in [2.05, 4.69) is 38.9 Å². The van der Waals surface area contributed by atoms with Gasteiger partial charge in [-0.15, -0.1) is 0 Å². The van der Waals surface area contributed by atoms with Crippen LogP contribution in [0.3, 0.4) is 0 Å². The number of hydrogen-bond acceptors (Lipinski definition) is 4. The third kappa shape index (κ3) is 3.91. The third-order valence-electron chi connectivity index (χ3n) is 4.41. The number of nitrogens with zero attached hydrogens (tertiary/aromatic N) is 3. The van der Waals surface area contributed by atoms with E-state index in [9.17, 15) is 4.79 Å². The summed E-state index contributed by atoms with van der Waals surface area (Å²) in [6.45, 7) is 3.75. The first-order valence-corrected chi connectivity index (χ1v) is 8.46. The van der Waals surface area contributed by atoms with Crippen molar-refractivity contribution >= 4 is 16.9 Å². The molecule has 0 aliphatic rings. The molecule has 6 nitrogen and oxygen atoms in total. The van der Waals surface area contributed by atoms with Crippen LogP contribution in [0.5, 0.6) is 0 Å². The maximum atomic E-state index is 12.1. The molecular weight excluding hydrogens is 314 g/mol. The van der Waals surface area contributed by atoms with Gasteiger partial charge in [-0.2, -0.15) is 0 Å². The summed E-state index contributed by atoms with van der Waals surface area (Å²) in [5.74, 6) is 0.613. The molecule has 0 radical (unpaired) electrons. The first-order chi connectivity index (χ1) is 11.9. The van der Waals surface area contributed by atoms with E-state index in [4.69, 9.17) is 0 Å². The number of benzene rings is 1. The Balaban J connectivity index is 1.90. The molecule has 6 heteroatoms. The van der Waals surface area contributed by atoms with Crippen LogP contribution in [0.1, 0.15) is 17.0 Å². The molecule has 0 saturated carbocycles. The van der Waals surface area contributed by atoms with Crippen LogP contribution in [-0.4, -0.2) is 54.1 Å². The number of nitrogens with one attached hydrogen (secondary N) is 2. The van der Waals surface area contributed by atoms with Crippen LogP contribution in [0.15, 0.2) is 35.1 Å². The molecule has 1 aromatic carbocycles. The molecular formula is C19H25N5O. The van der Waals surface area contributed by atoms with Gasteiger partial charge in [0.2, 0.25) is 5.95 Å². The van der Waals surface area contributed by atoms with E-state index in [-0.39, 0.29) is 5.56 Å². The lowest BCUT2D eigenvalue weighted by molar-refractivity contribution is 0.415. The summed E-state index contributed by atoms with van der Waals surface area (Å²) in [5.41, 5.74) is 4.09. The molecule has 0 atom stereocenters. The van der Waals surface area contributed by atoms with Gasteiger partial charge in [-0.1, -0.05) is 18.2 Å². The average Bonchev–Trinajstić information content (AvgIpc) is 2.88. The number of likely N-dealkylation sites (N-methyl/N-ethyl adjacent to an activating group) is 2. The molecule has 2 heterocycles. The Morgan fingerprint density at radius 2 is 1.84 bits per heavy atom. The second-order valence-electron chi connectivity index (χ2n) is 6.74. The van der Waals surface area contributed by atoms with Crippen LogP contribution >= 0.6 is 0 Å². The highest BCUT2D eigenvalue weighted by molar-refractivity contribution is 5.84. The smallest absolute Gasteiger partial charge is 0.252 e. The Morgan fingerprint density at radius 1 is 1.08 bits per heavy atom. The highest BCUT2D eigenvalue weighted by Gasteiger charge is 2.12. The van der Waals surface area contributed by atoms with Gasteiger partial charge in [0.25, 0.3) is 5.56 Å². The fraction of sp³-hybridized carbons (Fsp3) is 0.368. The highest BCUT2D eigenvalue weighted by Crippen LogP contribution is 2.24. The molecule has 3 rings (SSSR count). The normalized spacial score (nSPS) is 11.4. The average molecular weight is 339 g/mol. The minimum atomic E-state index is -0.116. The van der Waals surface area contributed by atoms with Crippen molar-refractivity contribution in [3.63, 3.8) is 0 Å². The van der Waals surface area contributed by atoms with Crippen molar-refractivity contribution in [2.45, 2.75) is 13.3 Å². The number of fused-ring (bicyclic) bond motifs is 1. The predicted octanol–water partition coefficient (Wildman–Crippen LogP) is 2.15. The van der Waals surface area contributed by atoms with Gasteiger partial charge in [0, 0.05) is 49.2 Å². The van der Waals surface area contributed by atoms with Gasteiger partial charge in [0.1, 0.15) is 0 Å². The standard InChI is InChI=1S/C19H25N5O/c1-13-16(15-7-5-6-8-17(15)20-13)11-14-12-18(25)22-19(21-14)24(4)10-9-23(2)3/h5-8,12,20H,9-11H2,1-4H3,(H,21,22,25). The predicted molar refractivity (Wildman–Crippen MR) is 103 cm³/mol. The molecule has 0 aliphatic heterocycles. The summed E-state index contributed by atoms with van der Waals surface area (Å²) >= 11 is 0. The Kier molecular flexibility index (Phi) is 4.90. The summed E-state index contributed by atoms with van der Waals surface area (Å²) in [4.78, 5) is 27.1. The number of aryl methyl sites for hydroxylation is 1. The van der Waals surface area contributed by atoms with Crippen molar-refractivity contribution in [3.8, 4) is 0 Å². The summed E-state index contributed by atoms with van der Waals surface area (Å²) < 4.78 is 0. The monoisotopic (exact) mass is 339 g/mol. The number of aromatic nitrogens is 3. The maximum Gasteiger partial charge on any atom is 0.252 e. The van der Waals surface area contributed by atoms with Gasteiger partial charge in [0.15, 0.2) is 0 Å². The van der Waals surface area contributed by atoms with E-state index >= 15 is 0 Å². The van der Waals surface area contributed by atoms with Gasteiger partial charge >= 0.3 is 0 Å². The van der Waals surface area contributed by atoms with Crippen molar-refractivity contribution < 1.29 is 0 Å². The molecule has 0 fully saturated rings. The lowest BCUT2D eigenvalue weighted by Gasteiger charge is -2.20. The van der Waals surface area contributed by atoms with Gasteiger partial charge in [-0.25, -0.2) is 4.98 Å². The SMILES string of the molecule is Cc1[nH]c2ccccc2c1Cc1cc(=O)[nH]c(N(C)CCN(C)C)n1. The van der Waals surface area contributed by atoms with Gasteiger partial charge in [-0.05, 0) is 32.6 Å². The molecule has 3 aromatic rings. The zero-order chi connectivity index (χ0) is 18.0. The fourth-order valence-electron chi connectivity index (χ4n) is 2.96. The van der Waals surface area contributed by atoms with Crippen molar-refractivity contribution in [3.05, 3.63) is 57.6 Å². The van der Waals surface area contributed by atoms with Gasteiger partial charge in [0.05, 0.1) is 5.69 Å². The largest absolute Gasteiger partial charge is 0.358 e. The number of rotatable bonds is 6. The summed E-state index contributed by atoms with van der Waals surface area (Å²) in [7, 11) is 6.00. The van der Waals surface area contributed by atoms with Crippen LogP contribution in [0.2, 0.25) is 0 Å². The quantitative estimate of drug-likeness (QED) is 0.722. The Labute approximate surface area is 147 Å². The van der Waals surface area contributed by atoms with Crippen LogP contribution in [0.25, 0.3) is 10.9 Å².